The zero-order chi connectivity index (χ0) is 19.2. The van der Waals surface area contributed by atoms with E-state index in [2.05, 4.69) is 15.6 Å². The minimum Gasteiger partial charge on any atom is -0.493 e. The molecule has 138 valence electrons. The fourth-order valence-electron chi connectivity index (χ4n) is 2.44. The van der Waals surface area contributed by atoms with Gasteiger partial charge < -0.3 is 20.1 Å². The summed E-state index contributed by atoms with van der Waals surface area (Å²) in [4.78, 5) is 16.4. The molecule has 7 heteroatoms. The molecule has 0 saturated heterocycles. The van der Waals surface area contributed by atoms with Crippen molar-refractivity contribution in [1.29, 1.82) is 0 Å². The lowest BCUT2D eigenvalue weighted by Crippen LogP contribution is -2.12. The van der Waals surface area contributed by atoms with Crippen LogP contribution in [0.1, 0.15) is 10.4 Å². The second-order valence-electron chi connectivity index (χ2n) is 5.59. The molecule has 0 spiro atoms. The minimum absolute atomic E-state index is 0.238. The standard InChI is InChI=1S/C20H18FN3O3/c1-26-17-8-6-15(11-18(17)27-2)23-19-9-7-16(12-22-19)24-20(25)13-4-3-5-14(21)10-13/h3-12H,1-2H3,(H,22,23)(H,24,25). The summed E-state index contributed by atoms with van der Waals surface area (Å²) in [6, 6.07) is 14.3. The highest BCUT2D eigenvalue weighted by atomic mass is 19.1. The van der Waals surface area contributed by atoms with Crippen molar-refractivity contribution in [1.82, 2.24) is 4.98 Å². The molecular weight excluding hydrogens is 349 g/mol. The highest BCUT2D eigenvalue weighted by Crippen LogP contribution is 2.30. The zero-order valence-corrected chi connectivity index (χ0v) is 14.8. The molecule has 1 amide bonds. The van der Waals surface area contributed by atoms with Gasteiger partial charge in [-0.2, -0.15) is 0 Å². The minimum atomic E-state index is -0.463. The smallest absolute Gasteiger partial charge is 0.255 e. The third kappa shape index (κ3) is 4.52. The molecule has 0 radical (unpaired) electrons. The molecular formula is C20H18FN3O3. The van der Waals surface area contributed by atoms with Crippen LogP contribution in [-0.2, 0) is 0 Å². The average molecular weight is 367 g/mol. The summed E-state index contributed by atoms with van der Waals surface area (Å²) in [5.74, 6) is 0.950. The fraction of sp³-hybridized carbons (Fsp3) is 0.100. The molecule has 0 aliphatic carbocycles. The maximum Gasteiger partial charge on any atom is 0.255 e. The van der Waals surface area contributed by atoms with Crippen molar-refractivity contribution >= 4 is 23.1 Å². The SMILES string of the molecule is COc1ccc(Nc2ccc(NC(=O)c3cccc(F)c3)cn2)cc1OC. The number of hydrogen-bond acceptors (Lipinski definition) is 5. The summed E-state index contributed by atoms with van der Waals surface area (Å²) >= 11 is 0. The van der Waals surface area contributed by atoms with Crippen LogP contribution < -0.4 is 20.1 Å². The van der Waals surface area contributed by atoms with Crippen LogP contribution in [-0.4, -0.2) is 25.1 Å². The van der Waals surface area contributed by atoms with E-state index in [0.29, 0.717) is 23.0 Å². The molecule has 6 nitrogen and oxygen atoms in total. The molecule has 27 heavy (non-hydrogen) atoms. The van der Waals surface area contributed by atoms with Gasteiger partial charge in [-0.3, -0.25) is 4.79 Å². The zero-order valence-electron chi connectivity index (χ0n) is 14.8. The van der Waals surface area contributed by atoms with Crippen LogP contribution >= 0.6 is 0 Å². The molecule has 0 aliphatic rings. The number of rotatable bonds is 6. The predicted molar refractivity (Wildman–Crippen MR) is 101 cm³/mol. The van der Waals surface area contributed by atoms with E-state index >= 15 is 0 Å². The number of benzene rings is 2. The lowest BCUT2D eigenvalue weighted by atomic mass is 10.2. The Morgan fingerprint density at radius 3 is 2.41 bits per heavy atom. The van der Waals surface area contributed by atoms with Crippen molar-refractivity contribution in [3.05, 3.63) is 72.2 Å². The molecule has 0 fully saturated rings. The predicted octanol–water partition coefficient (Wildman–Crippen LogP) is 4.23. The molecule has 1 heterocycles. The highest BCUT2D eigenvalue weighted by Gasteiger charge is 2.08. The van der Waals surface area contributed by atoms with Crippen molar-refractivity contribution < 1.29 is 18.7 Å². The number of halogens is 1. The largest absolute Gasteiger partial charge is 0.493 e. The Balaban J connectivity index is 1.67. The lowest BCUT2D eigenvalue weighted by Gasteiger charge is -2.11. The molecule has 0 bridgehead atoms. The Kier molecular flexibility index (Phi) is 5.51. The quantitative estimate of drug-likeness (QED) is 0.682. The average Bonchev–Trinajstić information content (AvgIpc) is 2.69. The van der Waals surface area contributed by atoms with E-state index in [1.807, 2.05) is 6.07 Å². The van der Waals surface area contributed by atoms with Gasteiger partial charge >= 0.3 is 0 Å². The first-order chi connectivity index (χ1) is 13.1. The maximum absolute atomic E-state index is 13.2. The van der Waals surface area contributed by atoms with Crippen LogP contribution in [0, 0.1) is 5.82 Å². The third-order valence-electron chi connectivity index (χ3n) is 3.76. The number of methoxy groups -OCH3 is 2. The molecule has 0 atom stereocenters. The number of ether oxygens (including phenoxy) is 2. The van der Waals surface area contributed by atoms with Gasteiger partial charge in [0.1, 0.15) is 11.6 Å². The lowest BCUT2D eigenvalue weighted by molar-refractivity contribution is 0.102. The van der Waals surface area contributed by atoms with Gasteiger partial charge in [0.25, 0.3) is 5.91 Å². The number of nitrogens with zero attached hydrogens (tertiary/aromatic N) is 1. The van der Waals surface area contributed by atoms with E-state index < -0.39 is 11.7 Å². The van der Waals surface area contributed by atoms with E-state index in [1.165, 1.54) is 24.4 Å². The molecule has 1 aromatic heterocycles. The van der Waals surface area contributed by atoms with E-state index in [9.17, 15) is 9.18 Å². The van der Waals surface area contributed by atoms with Crippen molar-refractivity contribution in [2.24, 2.45) is 0 Å². The first-order valence-electron chi connectivity index (χ1n) is 8.11. The normalized spacial score (nSPS) is 10.2. The summed E-state index contributed by atoms with van der Waals surface area (Å²) in [6.45, 7) is 0. The molecule has 2 aromatic carbocycles. The first-order valence-corrected chi connectivity index (χ1v) is 8.11. The Morgan fingerprint density at radius 1 is 0.963 bits per heavy atom. The molecule has 3 aromatic rings. The molecule has 0 unspecified atom stereocenters. The number of aromatic nitrogens is 1. The van der Waals surface area contributed by atoms with Crippen molar-refractivity contribution in [3.63, 3.8) is 0 Å². The van der Waals surface area contributed by atoms with E-state index in [-0.39, 0.29) is 5.56 Å². The second-order valence-corrected chi connectivity index (χ2v) is 5.59. The number of hydrogen-bond donors (Lipinski definition) is 2. The number of pyridine rings is 1. The van der Waals surface area contributed by atoms with Gasteiger partial charge in [0, 0.05) is 17.3 Å². The number of carbonyl (C=O) groups excluding carboxylic acids is 1. The van der Waals surface area contributed by atoms with Gasteiger partial charge in [-0.15, -0.1) is 0 Å². The third-order valence-corrected chi connectivity index (χ3v) is 3.76. The van der Waals surface area contributed by atoms with Crippen LogP contribution in [0.5, 0.6) is 11.5 Å². The Labute approximate surface area is 156 Å². The molecule has 0 aliphatic heterocycles. The van der Waals surface area contributed by atoms with Crippen LogP contribution in [0.25, 0.3) is 0 Å². The van der Waals surface area contributed by atoms with Gasteiger partial charge in [0.15, 0.2) is 11.5 Å². The van der Waals surface area contributed by atoms with E-state index in [0.717, 1.165) is 5.69 Å². The molecule has 0 saturated carbocycles. The van der Waals surface area contributed by atoms with Gasteiger partial charge in [-0.25, -0.2) is 9.37 Å². The summed E-state index contributed by atoms with van der Waals surface area (Å²) in [5.41, 5.74) is 1.52. The van der Waals surface area contributed by atoms with Crippen LogP contribution in [0.3, 0.4) is 0 Å². The second kappa shape index (κ2) is 8.18. The maximum atomic E-state index is 13.2. The summed E-state index contributed by atoms with van der Waals surface area (Å²) in [6.07, 6.45) is 1.51. The fourth-order valence-corrected chi connectivity index (χ4v) is 2.44. The van der Waals surface area contributed by atoms with Crippen molar-refractivity contribution in [3.8, 4) is 11.5 Å². The van der Waals surface area contributed by atoms with Crippen LogP contribution in [0.4, 0.5) is 21.6 Å². The summed E-state index contributed by atoms with van der Waals surface area (Å²) < 4.78 is 23.7. The van der Waals surface area contributed by atoms with Crippen molar-refractivity contribution in [2.75, 3.05) is 24.9 Å². The number of amides is 1. The first kappa shape index (κ1) is 18.2. The van der Waals surface area contributed by atoms with Crippen LogP contribution in [0.15, 0.2) is 60.8 Å². The van der Waals surface area contributed by atoms with Crippen molar-refractivity contribution in [2.45, 2.75) is 0 Å². The van der Waals surface area contributed by atoms with Gasteiger partial charge in [0.2, 0.25) is 0 Å². The highest BCUT2D eigenvalue weighted by molar-refractivity contribution is 6.04. The van der Waals surface area contributed by atoms with Gasteiger partial charge in [-0.05, 0) is 42.5 Å². The molecule has 3 rings (SSSR count). The topological polar surface area (TPSA) is 72.5 Å². The Morgan fingerprint density at radius 2 is 1.74 bits per heavy atom. The number of carbonyl (C=O) groups is 1. The Bertz CT molecular complexity index is 945. The number of nitrogens with one attached hydrogen (secondary N) is 2. The summed E-state index contributed by atoms with van der Waals surface area (Å²) in [5, 5.41) is 5.82. The Hall–Kier alpha value is -3.61. The van der Waals surface area contributed by atoms with E-state index in [1.54, 1.807) is 44.6 Å². The molecule has 2 N–H and O–H groups in total. The van der Waals surface area contributed by atoms with Gasteiger partial charge in [0.05, 0.1) is 26.1 Å². The monoisotopic (exact) mass is 367 g/mol. The summed E-state index contributed by atoms with van der Waals surface area (Å²) in [7, 11) is 3.14. The van der Waals surface area contributed by atoms with Crippen LogP contribution in [0.2, 0.25) is 0 Å². The van der Waals surface area contributed by atoms with E-state index in [4.69, 9.17) is 9.47 Å². The van der Waals surface area contributed by atoms with Gasteiger partial charge in [-0.1, -0.05) is 6.07 Å². The number of anilines is 3.